The Labute approximate surface area is 171 Å². The van der Waals surface area contributed by atoms with Gasteiger partial charge in [0.1, 0.15) is 0 Å². The summed E-state index contributed by atoms with van der Waals surface area (Å²) in [6.07, 6.45) is 4.42. The number of sulfonamides is 1. The molecule has 0 bridgehead atoms. The summed E-state index contributed by atoms with van der Waals surface area (Å²) in [5.41, 5.74) is 0.338. The molecule has 6 nitrogen and oxygen atoms in total. The lowest BCUT2D eigenvalue weighted by atomic mass is 9.89. The number of hydrogen-bond acceptors (Lipinski definition) is 3. The van der Waals surface area contributed by atoms with Crippen molar-refractivity contribution in [1.29, 1.82) is 0 Å². The van der Waals surface area contributed by atoms with Crippen molar-refractivity contribution in [2.75, 3.05) is 32.4 Å². The standard InChI is InChI=1S/C17H36N4O2S.HI/c1-7-18-16(20-14(2)8-10-17(3,4)5)19-12-15-9-11-21(13-15)24(6,22)23;/h14-15H,7-13H2,1-6H3,(H2,18,19,20);1H. The molecule has 2 atom stereocenters. The SMILES string of the molecule is CCNC(=NCC1CCN(S(C)(=O)=O)C1)NC(C)CCC(C)(C)C.I. The van der Waals surface area contributed by atoms with Crippen LogP contribution in [0.1, 0.15) is 53.9 Å². The molecule has 1 heterocycles. The van der Waals surface area contributed by atoms with Gasteiger partial charge in [0.25, 0.3) is 0 Å². The highest BCUT2D eigenvalue weighted by Gasteiger charge is 2.28. The average molecular weight is 488 g/mol. The molecule has 2 unspecified atom stereocenters. The van der Waals surface area contributed by atoms with Crippen LogP contribution in [0, 0.1) is 11.3 Å². The Hall–Kier alpha value is -0.0900. The van der Waals surface area contributed by atoms with Gasteiger partial charge in [0.05, 0.1) is 6.26 Å². The third-order valence-electron chi connectivity index (χ3n) is 4.28. The first-order chi connectivity index (χ1) is 11.0. The van der Waals surface area contributed by atoms with Crippen LogP contribution in [-0.2, 0) is 10.0 Å². The first-order valence-corrected chi connectivity index (χ1v) is 10.9. The summed E-state index contributed by atoms with van der Waals surface area (Å²) in [6.45, 7) is 13.7. The van der Waals surface area contributed by atoms with Crippen molar-refractivity contribution in [1.82, 2.24) is 14.9 Å². The Bertz CT molecular complexity index is 517. The topological polar surface area (TPSA) is 73.8 Å². The van der Waals surface area contributed by atoms with Gasteiger partial charge in [0.2, 0.25) is 10.0 Å². The van der Waals surface area contributed by atoms with E-state index in [-0.39, 0.29) is 24.0 Å². The number of nitrogens with zero attached hydrogens (tertiary/aromatic N) is 2. The van der Waals surface area contributed by atoms with Crippen molar-refractivity contribution in [3.05, 3.63) is 0 Å². The van der Waals surface area contributed by atoms with E-state index < -0.39 is 10.0 Å². The molecule has 0 saturated carbocycles. The second-order valence-corrected chi connectivity index (χ2v) is 10.1. The monoisotopic (exact) mass is 488 g/mol. The van der Waals surface area contributed by atoms with E-state index in [2.05, 4.69) is 50.2 Å². The van der Waals surface area contributed by atoms with Crippen LogP contribution in [0.2, 0.25) is 0 Å². The highest BCUT2D eigenvalue weighted by Crippen LogP contribution is 2.21. The molecule has 0 aromatic carbocycles. The fourth-order valence-corrected chi connectivity index (χ4v) is 3.66. The predicted molar refractivity (Wildman–Crippen MR) is 117 cm³/mol. The zero-order valence-electron chi connectivity index (χ0n) is 16.6. The Morgan fingerprint density at radius 1 is 1.36 bits per heavy atom. The van der Waals surface area contributed by atoms with Crippen molar-refractivity contribution in [2.45, 2.75) is 59.9 Å². The van der Waals surface area contributed by atoms with Crippen LogP contribution in [0.25, 0.3) is 0 Å². The largest absolute Gasteiger partial charge is 0.357 e. The molecule has 0 amide bonds. The van der Waals surface area contributed by atoms with Crippen LogP contribution >= 0.6 is 24.0 Å². The highest BCUT2D eigenvalue weighted by atomic mass is 127. The van der Waals surface area contributed by atoms with Gasteiger partial charge in [-0.25, -0.2) is 12.7 Å². The molecule has 1 saturated heterocycles. The lowest BCUT2D eigenvalue weighted by Gasteiger charge is -2.23. The fourth-order valence-electron chi connectivity index (χ4n) is 2.74. The zero-order valence-corrected chi connectivity index (χ0v) is 19.8. The smallest absolute Gasteiger partial charge is 0.211 e. The number of aliphatic imine (C=N–C) groups is 1. The molecule has 0 aliphatic carbocycles. The van der Waals surface area contributed by atoms with Gasteiger partial charge in [-0.15, -0.1) is 24.0 Å². The van der Waals surface area contributed by atoms with Gasteiger partial charge in [-0.3, -0.25) is 4.99 Å². The van der Waals surface area contributed by atoms with E-state index in [1.54, 1.807) is 4.31 Å². The van der Waals surface area contributed by atoms with E-state index in [4.69, 9.17) is 0 Å². The third-order valence-corrected chi connectivity index (χ3v) is 5.55. The molecular formula is C17H37IN4O2S. The summed E-state index contributed by atoms with van der Waals surface area (Å²) >= 11 is 0. The molecule has 1 rings (SSSR count). The van der Waals surface area contributed by atoms with Gasteiger partial charge >= 0.3 is 0 Å². The van der Waals surface area contributed by atoms with Gasteiger partial charge in [0, 0.05) is 32.2 Å². The van der Waals surface area contributed by atoms with Crippen LogP contribution in [0.15, 0.2) is 4.99 Å². The first kappa shape index (κ1) is 24.9. The summed E-state index contributed by atoms with van der Waals surface area (Å²) in [4.78, 5) is 4.67. The maximum atomic E-state index is 11.6. The Balaban J connectivity index is 0.00000576. The van der Waals surface area contributed by atoms with E-state index in [1.165, 1.54) is 6.26 Å². The first-order valence-electron chi connectivity index (χ1n) is 9.01. The number of halogens is 1. The molecule has 0 aromatic heterocycles. The molecule has 150 valence electrons. The molecule has 2 N–H and O–H groups in total. The van der Waals surface area contributed by atoms with Gasteiger partial charge in [-0.05, 0) is 44.4 Å². The van der Waals surface area contributed by atoms with E-state index in [0.717, 1.165) is 31.8 Å². The second-order valence-electron chi connectivity index (χ2n) is 8.14. The summed E-state index contributed by atoms with van der Waals surface area (Å²) in [5.74, 6) is 1.14. The van der Waals surface area contributed by atoms with Crippen molar-refractivity contribution in [2.24, 2.45) is 16.3 Å². The van der Waals surface area contributed by atoms with Crippen LogP contribution in [0.3, 0.4) is 0 Å². The quantitative estimate of drug-likeness (QED) is 0.328. The van der Waals surface area contributed by atoms with E-state index in [0.29, 0.717) is 37.0 Å². The van der Waals surface area contributed by atoms with Gasteiger partial charge in [0.15, 0.2) is 5.96 Å². The highest BCUT2D eigenvalue weighted by molar-refractivity contribution is 14.0. The number of nitrogens with one attached hydrogen (secondary N) is 2. The lowest BCUT2D eigenvalue weighted by Crippen LogP contribution is -2.42. The molecular weight excluding hydrogens is 451 g/mol. The minimum absolute atomic E-state index is 0. The molecule has 25 heavy (non-hydrogen) atoms. The molecule has 0 radical (unpaired) electrons. The molecule has 0 aromatic rings. The van der Waals surface area contributed by atoms with Gasteiger partial charge in [-0.1, -0.05) is 20.8 Å². The van der Waals surface area contributed by atoms with E-state index >= 15 is 0 Å². The number of rotatable bonds is 7. The Kier molecular flexibility index (Phi) is 10.9. The van der Waals surface area contributed by atoms with Gasteiger partial charge in [-0.2, -0.15) is 0 Å². The van der Waals surface area contributed by atoms with Crippen molar-refractivity contribution in [3.8, 4) is 0 Å². The summed E-state index contributed by atoms with van der Waals surface area (Å²) in [7, 11) is -3.07. The maximum absolute atomic E-state index is 11.6. The molecule has 1 aliphatic rings. The van der Waals surface area contributed by atoms with Crippen LogP contribution in [0.5, 0.6) is 0 Å². The van der Waals surface area contributed by atoms with Crippen LogP contribution in [0.4, 0.5) is 0 Å². The normalized spacial score (nSPS) is 20.9. The lowest BCUT2D eigenvalue weighted by molar-refractivity contribution is 0.346. The molecule has 1 fully saturated rings. The molecule has 1 aliphatic heterocycles. The predicted octanol–water partition coefficient (Wildman–Crippen LogP) is 2.66. The molecule has 8 heteroatoms. The maximum Gasteiger partial charge on any atom is 0.211 e. The number of guanidine groups is 1. The van der Waals surface area contributed by atoms with Crippen molar-refractivity contribution in [3.63, 3.8) is 0 Å². The van der Waals surface area contributed by atoms with E-state index in [9.17, 15) is 8.42 Å². The van der Waals surface area contributed by atoms with E-state index in [1.807, 2.05) is 0 Å². The molecule has 0 spiro atoms. The summed E-state index contributed by atoms with van der Waals surface area (Å²) in [6, 6.07) is 0.359. The third kappa shape index (κ3) is 10.6. The second kappa shape index (κ2) is 10.9. The average Bonchev–Trinajstić information content (AvgIpc) is 2.91. The summed E-state index contributed by atoms with van der Waals surface area (Å²) in [5, 5.41) is 6.75. The Morgan fingerprint density at radius 2 is 2.00 bits per heavy atom. The minimum Gasteiger partial charge on any atom is -0.357 e. The number of hydrogen-bond donors (Lipinski definition) is 2. The summed E-state index contributed by atoms with van der Waals surface area (Å²) < 4.78 is 24.7. The minimum atomic E-state index is -3.07. The fraction of sp³-hybridized carbons (Fsp3) is 0.941. The van der Waals surface area contributed by atoms with Crippen molar-refractivity contribution < 1.29 is 8.42 Å². The zero-order chi connectivity index (χ0) is 18.4. The van der Waals surface area contributed by atoms with Crippen molar-refractivity contribution >= 4 is 40.0 Å². The van der Waals surface area contributed by atoms with Crippen LogP contribution in [-0.4, -0.2) is 57.2 Å². The van der Waals surface area contributed by atoms with Gasteiger partial charge < -0.3 is 10.6 Å². The Morgan fingerprint density at radius 3 is 2.48 bits per heavy atom. The van der Waals surface area contributed by atoms with Crippen LogP contribution < -0.4 is 10.6 Å².